The number of likely N-dealkylation sites (tertiary alicyclic amines) is 1. The fourth-order valence-corrected chi connectivity index (χ4v) is 4.70. The third-order valence-corrected chi connectivity index (χ3v) is 6.85. The van der Waals surface area contributed by atoms with Gasteiger partial charge in [-0.25, -0.2) is 0 Å². The van der Waals surface area contributed by atoms with Gasteiger partial charge in [-0.1, -0.05) is 81.3 Å². The van der Waals surface area contributed by atoms with Gasteiger partial charge in [0.2, 0.25) is 5.91 Å². The van der Waals surface area contributed by atoms with Crippen molar-refractivity contribution in [2.75, 3.05) is 25.0 Å². The maximum Gasteiger partial charge on any atom is 0.226 e. The Morgan fingerprint density at radius 3 is 2.43 bits per heavy atom. The summed E-state index contributed by atoms with van der Waals surface area (Å²) in [6.07, 6.45) is 14.2. The predicted molar refractivity (Wildman–Crippen MR) is 158 cm³/mol. The molecule has 1 saturated heterocycles. The Morgan fingerprint density at radius 1 is 1.11 bits per heavy atom. The molecule has 0 aromatic heterocycles. The second-order valence-corrected chi connectivity index (χ2v) is 10.2. The summed E-state index contributed by atoms with van der Waals surface area (Å²) < 4.78 is 0. The number of phenols is 1. The van der Waals surface area contributed by atoms with Gasteiger partial charge in [0.05, 0.1) is 0 Å². The van der Waals surface area contributed by atoms with Crippen molar-refractivity contribution in [3.05, 3.63) is 82.9 Å². The second-order valence-electron chi connectivity index (χ2n) is 9.76. The van der Waals surface area contributed by atoms with Crippen molar-refractivity contribution in [3.63, 3.8) is 0 Å². The van der Waals surface area contributed by atoms with E-state index in [1.807, 2.05) is 33.8 Å². The molecule has 4 rings (SSSR count). The van der Waals surface area contributed by atoms with Crippen molar-refractivity contribution in [2.24, 2.45) is 5.92 Å². The van der Waals surface area contributed by atoms with Crippen LogP contribution in [0.15, 0.2) is 72.3 Å². The molecule has 0 bridgehead atoms. The number of benzene rings is 2. The number of piperidine rings is 1. The molecule has 2 N–H and O–H groups in total. The zero-order valence-electron chi connectivity index (χ0n) is 23.1. The quantitative estimate of drug-likeness (QED) is 0.381. The number of nitrogens with one attached hydrogen (secondary N) is 1. The van der Waals surface area contributed by atoms with E-state index in [2.05, 4.69) is 46.6 Å². The van der Waals surface area contributed by atoms with Gasteiger partial charge in [0.1, 0.15) is 5.75 Å². The highest BCUT2D eigenvalue weighted by molar-refractivity contribution is 6.30. The Bertz CT molecular complexity index is 990. The zero-order chi connectivity index (χ0) is 27.0. The zero-order valence-corrected chi connectivity index (χ0v) is 23.8. The number of hydrogen-bond donors (Lipinski definition) is 2. The molecule has 5 heteroatoms. The van der Waals surface area contributed by atoms with Crippen LogP contribution in [0, 0.1) is 5.92 Å². The summed E-state index contributed by atoms with van der Waals surface area (Å²) in [5, 5.41) is 12.3. The van der Waals surface area contributed by atoms with Crippen molar-refractivity contribution in [2.45, 2.75) is 72.1 Å². The average Bonchev–Trinajstić information content (AvgIpc) is 2.91. The van der Waals surface area contributed by atoms with Gasteiger partial charge >= 0.3 is 0 Å². The van der Waals surface area contributed by atoms with Crippen LogP contribution in [0.2, 0.25) is 5.02 Å². The minimum atomic E-state index is 0.0114. The Morgan fingerprint density at radius 2 is 1.84 bits per heavy atom. The van der Waals surface area contributed by atoms with E-state index in [0.29, 0.717) is 10.9 Å². The summed E-state index contributed by atoms with van der Waals surface area (Å²) in [4.78, 5) is 14.6. The van der Waals surface area contributed by atoms with Crippen LogP contribution in [0.5, 0.6) is 5.75 Å². The first-order valence-corrected chi connectivity index (χ1v) is 14.2. The van der Waals surface area contributed by atoms with Crippen LogP contribution < -0.4 is 5.32 Å². The molecule has 4 nitrogen and oxygen atoms in total. The topological polar surface area (TPSA) is 52.6 Å². The fraction of sp³-hybridized carbons (Fsp3) is 0.469. The van der Waals surface area contributed by atoms with Gasteiger partial charge in [0, 0.05) is 16.6 Å². The van der Waals surface area contributed by atoms with Crippen molar-refractivity contribution in [1.82, 2.24) is 4.90 Å². The van der Waals surface area contributed by atoms with E-state index >= 15 is 0 Å². The molecular weight excluding hydrogens is 480 g/mol. The molecule has 1 amide bonds. The fourth-order valence-electron chi connectivity index (χ4n) is 4.51. The van der Waals surface area contributed by atoms with Crippen molar-refractivity contribution < 1.29 is 9.90 Å². The Hall–Kier alpha value is -2.56. The summed E-state index contributed by atoms with van der Waals surface area (Å²) in [6.45, 7) is 11.4. The van der Waals surface area contributed by atoms with Crippen LogP contribution in [0.25, 0.3) is 0 Å². The molecule has 0 radical (unpaired) electrons. The van der Waals surface area contributed by atoms with E-state index in [9.17, 15) is 4.79 Å². The average molecular weight is 525 g/mol. The minimum absolute atomic E-state index is 0.0114. The summed E-state index contributed by atoms with van der Waals surface area (Å²) in [5.41, 5.74) is 3.92. The van der Waals surface area contributed by atoms with E-state index < -0.39 is 0 Å². The van der Waals surface area contributed by atoms with Gasteiger partial charge in [-0.3, -0.25) is 4.79 Å². The number of halogens is 1. The van der Waals surface area contributed by atoms with Crippen LogP contribution in [-0.4, -0.2) is 35.5 Å². The lowest BCUT2D eigenvalue weighted by molar-refractivity contribution is -0.118. The Labute approximate surface area is 229 Å². The van der Waals surface area contributed by atoms with Gasteiger partial charge in [-0.2, -0.15) is 0 Å². The maximum atomic E-state index is 11.9. The molecule has 0 atom stereocenters. The minimum Gasteiger partial charge on any atom is -0.508 e. The van der Waals surface area contributed by atoms with Crippen LogP contribution in [0.3, 0.4) is 0 Å². The molecule has 1 heterocycles. The summed E-state index contributed by atoms with van der Waals surface area (Å²) in [6, 6.07) is 14.9. The lowest BCUT2D eigenvalue weighted by atomic mass is 9.89. The number of hydrogen-bond acceptors (Lipinski definition) is 3. The number of nitrogens with zero attached hydrogens (tertiary/aromatic N) is 1. The lowest BCUT2D eigenvalue weighted by Crippen LogP contribution is -2.33. The molecule has 0 spiro atoms. The SMILES string of the molecule is CC.CC(C)C(=O)Nc1cccc(C2CCN(CCCC3=CC=CCC3)CC2)c1.Oc1cccc(Cl)c1. The smallest absolute Gasteiger partial charge is 0.226 e. The third kappa shape index (κ3) is 11.6. The molecule has 0 unspecified atom stereocenters. The van der Waals surface area contributed by atoms with Crippen molar-refractivity contribution >= 4 is 23.2 Å². The number of aromatic hydroxyl groups is 1. The van der Waals surface area contributed by atoms with Crippen LogP contribution in [-0.2, 0) is 4.79 Å². The number of carbonyl (C=O) groups is 1. The molecule has 2 aromatic rings. The molecule has 0 saturated carbocycles. The number of carbonyl (C=O) groups excluding carboxylic acids is 1. The van der Waals surface area contributed by atoms with E-state index in [1.54, 1.807) is 23.8 Å². The lowest BCUT2D eigenvalue weighted by Gasteiger charge is -2.32. The molecule has 2 aromatic carbocycles. The number of allylic oxidation sites excluding steroid dienone is 4. The van der Waals surface area contributed by atoms with Gasteiger partial charge in [0.25, 0.3) is 0 Å². The summed E-state index contributed by atoms with van der Waals surface area (Å²) in [5.74, 6) is 0.920. The Balaban J connectivity index is 0.000000406. The summed E-state index contributed by atoms with van der Waals surface area (Å²) >= 11 is 5.48. The predicted octanol–water partition coefficient (Wildman–Crippen LogP) is 8.59. The molecule has 1 fully saturated rings. The van der Waals surface area contributed by atoms with Gasteiger partial charge in [-0.05, 0) is 100.0 Å². The molecule has 1 aliphatic carbocycles. The largest absolute Gasteiger partial charge is 0.508 e. The summed E-state index contributed by atoms with van der Waals surface area (Å²) in [7, 11) is 0. The third-order valence-electron chi connectivity index (χ3n) is 6.62. The van der Waals surface area contributed by atoms with Gasteiger partial charge in [-0.15, -0.1) is 0 Å². The molecule has 202 valence electrons. The molecular formula is C32H45ClN2O2. The van der Waals surface area contributed by atoms with Crippen LogP contribution in [0.4, 0.5) is 5.69 Å². The van der Waals surface area contributed by atoms with E-state index in [-0.39, 0.29) is 17.6 Å². The first-order chi connectivity index (χ1) is 17.9. The number of rotatable bonds is 7. The normalized spacial score (nSPS) is 15.7. The second kappa shape index (κ2) is 17.0. The first kappa shape index (κ1) is 30.7. The van der Waals surface area contributed by atoms with E-state index in [1.165, 1.54) is 69.8 Å². The number of amides is 1. The number of phenolic OH excluding ortho intramolecular Hbond substituents is 1. The van der Waals surface area contributed by atoms with E-state index in [0.717, 1.165) is 5.69 Å². The highest BCUT2D eigenvalue weighted by atomic mass is 35.5. The molecule has 1 aliphatic heterocycles. The van der Waals surface area contributed by atoms with Gasteiger partial charge < -0.3 is 15.3 Å². The van der Waals surface area contributed by atoms with Crippen molar-refractivity contribution in [1.29, 1.82) is 0 Å². The first-order valence-electron chi connectivity index (χ1n) is 13.8. The standard InChI is InChI=1S/C24H34N2O.C6H5ClO.C2H6/c1-19(2)24(27)25-23-12-6-11-22(18-23)21-13-16-26(17-14-21)15-7-10-20-8-4-3-5-9-20;7-5-2-1-3-6(8)4-5;1-2/h3-4,6,8,11-12,18-19,21H,5,7,9-10,13-17H2,1-2H3,(H,25,27);1-4,8H;1-2H3. The van der Waals surface area contributed by atoms with Crippen LogP contribution >= 0.6 is 11.6 Å². The van der Waals surface area contributed by atoms with E-state index in [4.69, 9.17) is 16.7 Å². The van der Waals surface area contributed by atoms with Gasteiger partial charge in [0.15, 0.2) is 0 Å². The van der Waals surface area contributed by atoms with Crippen LogP contribution in [0.1, 0.15) is 77.7 Å². The van der Waals surface area contributed by atoms with Crippen molar-refractivity contribution in [3.8, 4) is 5.75 Å². The monoisotopic (exact) mass is 524 g/mol. The number of anilines is 1. The Kier molecular flexibility index (Phi) is 14.1. The molecule has 2 aliphatic rings. The highest BCUT2D eigenvalue weighted by Crippen LogP contribution is 2.30. The molecule has 37 heavy (non-hydrogen) atoms. The highest BCUT2D eigenvalue weighted by Gasteiger charge is 2.21. The maximum absolute atomic E-state index is 11.9.